The van der Waals surface area contributed by atoms with E-state index < -0.39 is 0 Å². The van der Waals surface area contributed by atoms with Gasteiger partial charge in [0.1, 0.15) is 18.0 Å². The van der Waals surface area contributed by atoms with Crippen LogP contribution >= 0.6 is 22.9 Å². The van der Waals surface area contributed by atoms with E-state index in [0.29, 0.717) is 23.7 Å². The number of thiophene rings is 1. The van der Waals surface area contributed by atoms with Crippen LogP contribution in [0.1, 0.15) is 4.88 Å². The molecule has 0 aliphatic carbocycles. The van der Waals surface area contributed by atoms with E-state index in [2.05, 4.69) is 5.32 Å². The predicted octanol–water partition coefficient (Wildman–Crippen LogP) is 2.07. The maximum atomic E-state index is 12.2. The Balaban J connectivity index is 1.93. The van der Waals surface area contributed by atoms with Crippen molar-refractivity contribution in [3.8, 4) is 11.5 Å². The SMILES string of the molecule is COc1ccc(NC(=O)C[NH+](C)Cc2ccc(Cl)s2)c(OC)c1. The summed E-state index contributed by atoms with van der Waals surface area (Å²) in [6.45, 7) is 1.11. The quantitative estimate of drug-likeness (QED) is 0.799. The van der Waals surface area contributed by atoms with Gasteiger partial charge in [-0.1, -0.05) is 11.6 Å². The number of carbonyl (C=O) groups is 1. The topological polar surface area (TPSA) is 52.0 Å². The molecule has 2 aromatic rings. The molecule has 0 radical (unpaired) electrons. The van der Waals surface area contributed by atoms with Crippen molar-refractivity contribution in [3.63, 3.8) is 0 Å². The van der Waals surface area contributed by atoms with Gasteiger partial charge in [0.25, 0.3) is 5.91 Å². The maximum Gasteiger partial charge on any atom is 0.279 e. The van der Waals surface area contributed by atoms with E-state index in [0.717, 1.165) is 20.7 Å². The third-order valence-electron chi connectivity index (χ3n) is 3.25. The smallest absolute Gasteiger partial charge is 0.279 e. The monoisotopic (exact) mass is 355 g/mol. The lowest BCUT2D eigenvalue weighted by Crippen LogP contribution is -3.08. The molecule has 23 heavy (non-hydrogen) atoms. The fourth-order valence-corrected chi connectivity index (χ4v) is 3.38. The molecule has 0 aliphatic rings. The summed E-state index contributed by atoms with van der Waals surface area (Å²) in [5.74, 6) is 1.17. The van der Waals surface area contributed by atoms with Crippen LogP contribution in [0.2, 0.25) is 4.34 Å². The first-order valence-electron chi connectivity index (χ1n) is 7.09. The number of ether oxygens (including phenoxy) is 2. The number of nitrogens with one attached hydrogen (secondary N) is 2. The average Bonchev–Trinajstić information content (AvgIpc) is 2.92. The summed E-state index contributed by atoms with van der Waals surface area (Å²) >= 11 is 7.46. The van der Waals surface area contributed by atoms with Crippen LogP contribution in [0.5, 0.6) is 11.5 Å². The first-order chi connectivity index (χ1) is 11.0. The number of rotatable bonds is 7. The second kappa shape index (κ2) is 8.19. The molecule has 2 rings (SSSR count). The molecule has 1 amide bonds. The second-order valence-electron chi connectivity index (χ2n) is 5.13. The molecule has 1 aromatic carbocycles. The van der Waals surface area contributed by atoms with Gasteiger partial charge in [-0.05, 0) is 24.3 Å². The predicted molar refractivity (Wildman–Crippen MR) is 93.0 cm³/mol. The molecule has 0 saturated carbocycles. The molecule has 0 aliphatic heterocycles. The Morgan fingerprint density at radius 3 is 2.65 bits per heavy atom. The number of methoxy groups -OCH3 is 2. The van der Waals surface area contributed by atoms with Gasteiger partial charge in [0.2, 0.25) is 0 Å². The van der Waals surface area contributed by atoms with Gasteiger partial charge in [-0.3, -0.25) is 4.79 Å². The summed E-state index contributed by atoms with van der Waals surface area (Å²) in [5.41, 5.74) is 0.630. The van der Waals surface area contributed by atoms with Gasteiger partial charge in [-0.2, -0.15) is 0 Å². The molecule has 1 atom stereocenters. The number of likely N-dealkylation sites (N-methyl/N-ethyl adjacent to an activating group) is 1. The van der Waals surface area contributed by atoms with Gasteiger partial charge in [-0.15, -0.1) is 11.3 Å². The maximum absolute atomic E-state index is 12.2. The number of quaternary nitrogens is 1. The summed E-state index contributed by atoms with van der Waals surface area (Å²) in [5, 5.41) is 2.87. The Bertz CT molecular complexity index is 675. The van der Waals surface area contributed by atoms with Crippen molar-refractivity contribution >= 4 is 34.5 Å². The zero-order valence-electron chi connectivity index (χ0n) is 13.3. The number of halogens is 1. The van der Waals surface area contributed by atoms with Crippen molar-refractivity contribution in [2.75, 3.05) is 33.1 Å². The lowest BCUT2D eigenvalue weighted by atomic mass is 10.2. The first kappa shape index (κ1) is 17.6. The van der Waals surface area contributed by atoms with E-state index in [1.807, 2.05) is 19.2 Å². The molecule has 0 bridgehead atoms. The molecule has 0 saturated heterocycles. The lowest BCUT2D eigenvalue weighted by molar-refractivity contribution is -0.884. The van der Waals surface area contributed by atoms with Crippen LogP contribution in [-0.4, -0.2) is 33.7 Å². The Morgan fingerprint density at radius 1 is 1.26 bits per heavy atom. The number of amides is 1. The van der Waals surface area contributed by atoms with Crippen molar-refractivity contribution < 1.29 is 19.2 Å². The van der Waals surface area contributed by atoms with E-state index in [1.165, 1.54) is 11.3 Å². The molecule has 0 spiro atoms. The van der Waals surface area contributed by atoms with Crippen LogP contribution in [0.15, 0.2) is 30.3 Å². The Labute approximate surface area is 144 Å². The van der Waals surface area contributed by atoms with Crippen LogP contribution in [0.3, 0.4) is 0 Å². The molecule has 124 valence electrons. The minimum absolute atomic E-state index is 0.0754. The molecular formula is C16H20ClN2O3S+. The number of hydrogen-bond acceptors (Lipinski definition) is 4. The van der Waals surface area contributed by atoms with E-state index >= 15 is 0 Å². The summed E-state index contributed by atoms with van der Waals surface area (Å²) in [7, 11) is 5.11. The van der Waals surface area contributed by atoms with E-state index in [-0.39, 0.29) is 5.91 Å². The minimum atomic E-state index is -0.0754. The van der Waals surface area contributed by atoms with Gasteiger partial charge in [0, 0.05) is 6.07 Å². The highest BCUT2D eigenvalue weighted by atomic mass is 35.5. The standard InChI is InChI=1S/C16H19ClN2O3S/c1-19(9-12-5-7-15(17)23-12)10-16(20)18-13-6-4-11(21-2)8-14(13)22-3/h4-8H,9-10H2,1-3H3,(H,18,20)/p+1. The molecular weight excluding hydrogens is 336 g/mol. The molecule has 5 nitrogen and oxygen atoms in total. The van der Waals surface area contributed by atoms with Crippen LogP contribution in [0, 0.1) is 0 Å². The normalized spacial score (nSPS) is 11.8. The first-order valence-corrected chi connectivity index (χ1v) is 8.28. The van der Waals surface area contributed by atoms with Crippen molar-refractivity contribution in [1.29, 1.82) is 0 Å². The van der Waals surface area contributed by atoms with Gasteiger partial charge in [0.05, 0.1) is 36.2 Å². The molecule has 2 N–H and O–H groups in total. The molecule has 1 unspecified atom stereocenters. The number of carbonyl (C=O) groups excluding carboxylic acids is 1. The summed E-state index contributed by atoms with van der Waals surface area (Å²) < 4.78 is 11.2. The molecule has 1 aromatic heterocycles. The van der Waals surface area contributed by atoms with Gasteiger partial charge in [0.15, 0.2) is 6.54 Å². The Morgan fingerprint density at radius 2 is 2.04 bits per heavy atom. The van der Waals surface area contributed by atoms with E-state index in [9.17, 15) is 4.79 Å². The van der Waals surface area contributed by atoms with Crippen LogP contribution in [0.25, 0.3) is 0 Å². The second-order valence-corrected chi connectivity index (χ2v) is 6.93. The number of benzene rings is 1. The van der Waals surface area contributed by atoms with Crippen LogP contribution < -0.4 is 19.7 Å². The summed E-state index contributed by atoms with van der Waals surface area (Å²) in [6, 6.07) is 9.14. The van der Waals surface area contributed by atoms with Crippen LogP contribution in [-0.2, 0) is 11.3 Å². The minimum Gasteiger partial charge on any atom is -0.497 e. The molecule has 0 fully saturated rings. The third kappa shape index (κ3) is 5.13. The van der Waals surface area contributed by atoms with Crippen molar-refractivity contribution in [3.05, 3.63) is 39.5 Å². The van der Waals surface area contributed by atoms with Crippen LogP contribution in [0.4, 0.5) is 5.69 Å². The lowest BCUT2D eigenvalue weighted by Gasteiger charge is -2.14. The Kier molecular flexibility index (Phi) is 6.27. The van der Waals surface area contributed by atoms with Crippen molar-refractivity contribution in [2.24, 2.45) is 0 Å². The molecule has 1 heterocycles. The van der Waals surface area contributed by atoms with Gasteiger partial charge >= 0.3 is 0 Å². The largest absolute Gasteiger partial charge is 0.497 e. The van der Waals surface area contributed by atoms with Crippen molar-refractivity contribution in [1.82, 2.24) is 0 Å². The zero-order valence-corrected chi connectivity index (χ0v) is 14.9. The molecule has 7 heteroatoms. The highest BCUT2D eigenvalue weighted by Gasteiger charge is 2.14. The van der Waals surface area contributed by atoms with E-state index in [1.54, 1.807) is 32.4 Å². The number of hydrogen-bond donors (Lipinski definition) is 2. The third-order valence-corrected chi connectivity index (χ3v) is 4.48. The fourth-order valence-electron chi connectivity index (χ4n) is 2.18. The highest BCUT2D eigenvalue weighted by molar-refractivity contribution is 7.16. The summed E-state index contributed by atoms with van der Waals surface area (Å²) in [4.78, 5) is 14.4. The summed E-state index contributed by atoms with van der Waals surface area (Å²) in [6.07, 6.45) is 0. The fraction of sp³-hybridized carbons (Fsp3) is 0.312. The Hall–Kier alpha value is -1.76. The van der Waals surface area contributed by atoms with Crippen molar-refractivity contribution in [2.45, 2.75) is 6.54 Å². The van der Waals surface area contributed by atoms with E-state index in [4.69, 9.17) is 21.1 Å². The highest BCUT2D eigenvalue weighted by Crippen LogP contribution is 2.28. The average molecular weight is 356 g/mol. The van der Waals surface area contributed by atoms with Gasteiger partial charge < -0.3 is 19.7 Å². The number of anilines is 1. The van der Waals surface area contributed by atoms with Gasteiger partial charge in [-0.25, -0.2) is 0 Å². The zero-order chi connectivity index (χ0) is 16.8.